The lowest BCUT2D eigenvalue weighted by atomic mass is 9.94. The minimum atomic E-state index is -2.34. The second-order valence-electron chi connectivity index (χ2n) is 11.8. The fourth-order valence-electron chi connectivity index (χ4n) is 7.38. The summed E-state index contributed by atoms with van der Waals surface area (Å²) >= 11 is 3.76. The number of hydrogen-bond donors (Lipinski definition) is 0. The molecule has 0 amide bonds. The minimum absolute atomic E-state index is 1.29. The number of thiophene rings is 2. The average Bonchev–Trinajstić information content (AvgIpc) is 3.64. The van der Waals surface area contributed by atoms with Crippen molar-refractivity contribution in [1.29, 1.82) is 0 Å². The van der Waals surface area contributed by atoms with Crippen LogP contribution < -0.4 is 15.9 Å². The Bertz CT molecular complexity index is 2680. The van der Waals surface area contributed by atoms with E-state index in [0.29, 0.717) is 0 Å². The minimum Gasteiger partial charge on any atom is -0.135 e. The van der Waals surface area contributed by atoms with Gasteiger partial charge in [-0.3, -0.25) is 0 Å². The van der Waals surface area contributed by atoms with Gasteiger partial charge in [0.05, 0.1) is 0 Å². The molecule has 8 aromatic carbocycles. The van der Waals surface area contributed by atoms with Gasteiger partial charge in [0.25, 0.3) is 0 Å². The molecule has 0 aliphatic carbocycles. The lowest BCUT2D eigenvalue weighted by molar-refractivity contribution is 1.80. The Labute approximate surface area is 262 Å². The maximum atomic E-state index is 5.32. The van der Waals surface area contributed by atoms with Crippen molar-refractivity contribution in [3.63, 3.8) is 0 Å². The van der Waals surface area contributed by atoms with Gasteiger partial charge in [0.2, 0.25) is 0 Å². The first-order valence-corrected chi connectivity index (χ1v) is 18.5. The summed E-state index contributed by atoms with van der Waals surface area (Å²) in [4.78, 5) is 0. The summed E-state index contributed by atoms with van der Waals surface area (Å²) in [5, 5.41) is 17.2. The molecule has 0 aliphatic heterocycles. The zero-order valence-corrected chi connectivity index (χ0v) is 26.3. The number of hydrogen-bond acceptors (Lipinski definition) is 2. The lowest BCUT2D eigenvalue weighted by Crippen LogP contribution is -2.26. The third-order valence-electron chi connectivity index (χ3n) is 9.52. The van der Waals surface area contributed by atoms with Crippen molar-refractivity contribution in [2.45, 2.75) is 0 Å². The predicted molar refractivity (Wildman–Crippen MR) is 202 cm³/mol. The van der Waals surface area contributed by atoms with Crippen molar-refractivity contribution in [1.82, 2.24) is 0 Å². The monoisotopic (exact) mass is 612 g/mol. The topological polar surface area (TPSA) is 0 Å². The van der Waals surface area contributed by atoms with E-state index in [1.165, 1.54) is 88.6 Å². The fraction of sp³-hybridized carbons (Fsp3) is 0. The molecule has 10 rings (SSSR count). The largest absolute Gasteiger partial charge is 0.135 e. The van der Waals surface area contributed by atoms with Crippen LogP contribution in [0.15, 0.2) is 140 Å². The van der Waals surface area contributed by atoms with E-state index in [9.17, 15) is 0 Å². The summed E-state index contributed by atoms with van der Waals surface area (Å²) in [6.07, 6.45) is 5.32. The molecule has 0 atom stereocenters. The molecule has 0 radical (unpaired) electrons. The number of benzene rings is 8. The maximum Gasteiger partial charge on any atom is 0.0355 e. The molecule has 0 unspecified atom stereocenters. The summed E-state index contributed by atoms with van der Waals surface area (Å²) < 4.78 is 5.33. The molecule has 3 heteroatoms. The molecular weight excluding hydrogens is 588 g/mol. The Balaban J connectivity index is 1.34. The van der Waals surface area contributed by atoms with Gasteiger partial charge in [-0.25, -0.2) is 0 Å². The van der Waals surface area contributed by atoms with E-state index in [0.717, 1.165) is 0 Å². The fourth-order valence-corrected chi connectivity index (χ4v) is 12.7. The second-order valence-corrected chi connectivity index (χ2v) is 17.1. The molecular formula is C41H25PS2. The number of rotatable bonds is 3. The highest BCUT2D eigenvalue weighted by Crippen LogP contribution is 2.48. The van der Waals surface area contributed by atoms with Gasteiger partial charge >= 0.3 is 0 Å². The van der Waals surface area contributed by atoms with Crippen molar-refractivity contribution in [3.8, 4) is 0 Å². The molecule has 0 fully saturated rings. The van der Waals surface area contributed by atoms with Crippen LogP contribution in [0.4, 0.5) is 0 Å². The van der Waals surface area contributed by atoms with Crippen LogP contribution in [-0.2, 0) is 0 Å². The van der Waals surface area contributed by atoms with Gasteiger partial charge < -0.3 is 0 Å². The third-order valence-corrected chi connectivity index (χ3v) is 15.4. The molecule has 44 heavy (non-hydrogen) atoms. The van der Waals surface area contributed by atoms with Gasteiger partial charge in [-0.2, -0.15) is 0 Å². The van der Waals surface area contributed by atoms with Gasteiger partial charge in [-0.15, -0.1) is 22.7 Å². The standard InChI is InChI=1S/C41H25PS2/c1-42(28-17-21-38-33(23-28)30-9-2-4-11-36(30)43-38,29-18-22-39-34(24-29)31-10-3-5-12-37(31)44-39)35-20-16-27-14-13-25-7-6-8-26-15-19-32(35)41(27)40(25)26/h2-24H,1H2. The quantitative estimate of drug-likeness (QED) is 0.138. The summed E-state index contributed by atoms with van der Waals surface area (Å²) in [6.45, 7) is -2.34. The molecule has 0 nitrogen and oxygen atoms in total. The van der Waals surface area contributed by atoms with Crippen LogP contribution in [0.5, 0.6) is 0 Å². The van der Waals surface area contributed by atoms with E-state index in [-0.39, 0.29) is 0 Å². The first-order chi connectivity index (χ1) is 21.7. The molecule has 0 aliphatic rings. The van der Waals surface area contributed by atoms with E-state index >= 15 is 0 Å². The predicted octanol–water partition coefficient (Wildman–Crippen LogP) is 11.0. The molecule has 206 valence electrons. The zero-order valence-electron chi connectivity index (χ0n) is 23.7. The van der Waals surface area contributed by atoms with Crippen LogP contribution in [-0.4, -0.2) is 6.30 Å². The molecule has 0 saturated carbocycles. The summed E-state index contributed by atoms with van der Waals surface area (Å²) in [5.74, 6) is 0. The van der Waals surface area contributed by atoms with E-state index in [1.807, 2.05) is 22.7 Å². The van der Waals surface area contributed by atoms with E-state index in [4.69, 9.17) is 6.30 Å². The molecule has 2 aromatic heterocycles. The average molecular weight is 613 g/mol. The van der Waals surface area contributed by atoms with Gasteiger partial charge in [0.15, 0.2) is 0 Å². The van der Waals surface area contributed by atoms with Crippen molar-refractivity contribution in [3.05, 3.63) is 140 Å². The normalized spacial score (nSPS) is 12.6. The molecule has 0 bridgehead atoms. The van der Waals surface area contributed by atoms with Crippen molar-refractivity contribution in [2.75, 3.05) is 0 Å². The summed E-state index contributed by atoms with van der Waals surface area (Å²) in [5.41, 5.74) is 0. The smallest absolute Gasteiger partial charge is 0.0355 e. The molecule has 10 aromatic rings. The van der Waals surface area contributed by atoms with Gasteiger partial charge in [0.1, 0.15) is 0 Å². The highest BCUT2D eigenvalue weighted by molar-refractivity contribution is 7.93. The van der Waals surface area contributed by atoms with Crippen LogP contribution in [0.3, 0.4) is 0 Å². The van der Waals surface area contributed by atoms with Gasteiger partial charge in [-0.05, 0) is 91.5 Å². The summed E-state index contributed by atoms with van der Waals surface area (Å²) in [7, 11) is 0. The second kappa shape index (κ2) is 9.03. The van der Waals surface area contributed by atoms with Crippen LogP contribution in [0.2, 0.25) is 0 Å². The Morgan fingerprint density at radius 2 is 0.886 bits per heavy atom. The van der Waals surface area contributed by atoms with Crippen LogP contribution in [0.1, 0.15) is 0 Å². The van der Waals surface area contributed by atoms with Crippen molar-refractivity contribution in [2.24, 2.45) is 0 Å². The van der Waals surface area contributed by atoms with E-state index in [1.54, 1.807) is 0 Å². The Kier molecular flexibility index (Phi) is 5.12. The summed E-state index contributed by atoms with van der Waals surface area (Å²) in [6, 6.07) is 52.5. The zero-order chi connectivity index (χ0) is 29.0. The number of fused-ring (bicyclic) bond motifs is 6. The van der Waals surface area contributed by atoms with Crippen LogP contribution in [0, 0.1) is 0 Å². The molecule has 0 N–H and O–H groups in total. The van der Waals surface area contributed by atoms with Gasteiger partial charge in [0, 0.05) is 40.3 Å². The third kappa shape index (κ3) is 3.34. The lowest BCUT2D eigenvalue weighted by Gasteiger charge is -2.29. The SMILES string of the molecule is C=P(c1ccc2sc3ccccc3c2c1)(c1ccc2sc3ccccc3c2c1)c1ccc2ccc3cccc4ccc1c2c34. The van der Waals surface area contributed by atoms with E-state index < -0.39 is 6.89 Å². The first-order valence-electron chi connectivity index (χ1n) is 14.9. The van der Waals surface area contributed by atoms with Crippen LogP contribution >= 0.6 is 29.6 Å². The Morgan fingerprint density at radius 1 is 0.386 bits per heavy atom. The van der Waals surface area contributed by atoms with Crippen LogP contribution in [0.25, 0.3) is 72.7 Å². The van der Waals surface area contributed by atoms with Crippen molar-refractivity contribution < 1.29 is 0 Å². The van der Waals surface area contributed by atoms with E-state index in [2.05, 4.69) is 140 Å². The Morgan fingerprint density at radius 3 is 1.50 bits per heavy atom. The van der Waals surface area contributed by atoms with Gasteiger partial charge in [-0.1, -0.05) is 109 Å². The van der Waals surface area contributed by atoms with Crippen molar-refractivity contribution >= 4 is 124 Å². The highest BCUT2D eigenvalue weighted by Gasteiger charge is 2.27. The first kappa shape index (κ1) is 24.9. The Hall–Kier alpha value is -4.46. The maximum absolute atomic E-state index is 5.32. The highest BCUT2D eigenvalue weighted by atomic mass is 32.1. The molecule has 0 spiro atoms. The molecule has 0 saturated heterocycles. The molecule has 2 heterocycles.